The molecule has 92 valence electrons. The van der Waals surface area contributed by atoms with Crippen molar-refractivity contribution in [3.63, 3.8) is 0 Å². The van der Waals surface area contributed by atoms with E-state index in [1.165, 1.54) is 25.7 Å². The zero-order valence-corrected chi connectivity index (χ0v) is 10.8. The maximum atomic E-state index is 6.26. The molecule has 1 unspecified atom stereocenters. The monoisotopic (exact) mass is 222 g/mol. The third-order valence-corrected chi connectivity index (χ3v) is 3.69. The van der Waals surface area contributed by atoms with Gasteiger partial charge in [-0.15, -0.1) is 0 Å². The van der Waals surface area contributed by atoms with Gasteiger partial charge in [0.2, 0.25) is 0 Å². The second kappa shape index (κ2) is 7.34. The lowest BCUT2D eigenvalue weighted by Crippen LogP contribution is -2.40. The van der Waals surface area contributed by atoms with E-state index in [0.717, 1.165) is 44.6 Å². The van der Waals surface area contributed by atoms with Crippen molar-refractivity contribution < 1.29 is 0 Å². The molecule has 0 amide bonds. The molecule has 1 atom stereocenters. The molecule has 0 aromatic carbocycles. The lowest BCUT2D eigenvalue weighted by Gasteiger charge is -2.25. The summed E-state index contributed by atoms with van der Waals surface area (Å²) in [6.45, 7) is 3.24. The second-order valence-electron chi connectivity index (χ2n) is 5.59. The normalized spacial score (nSPS) is 21.1. The maximum Gasteiger partial charge on any atom is 0.0653 e. The third-order valence-electron chi connectivity index (χ3n) is 3.69. The molecule has 1 rings (SSSR count). The SMILES string of the molecule is [B]CCCCC(C)(N)CCNC1CCCC1. The van der Waals surface area contributed by atoms with E-state index in [-0.39, 0.29) is 5.54 Å². The highest BCUT2D eigenvalue weighted by Crippen LogP contribution is 2.19. The van der Waals surface area contributed by atoms with Gasteiger partial charge in [0.1, 0.15) is 0 Å². The van der Waals surface area contributed by atoms with Crippen molar-refractivity contribution in [2.24, 2.45) is 5.73 Å². The summed E-state index contributed by atoms with van der Waals surface area (Å²) in [6, 6.07) is 0.764. The molecule has 0 aliphatic heterocycles. The molecule has 2 radical (unpaired) electrons. The van der Waals surface area contributed by atoms with E-state index in [4.69, 9.17) is 13.6 Å². The van der Waals surface area contributed by atoms with Crippen LogP contribution in [0.15, 0.2) is 0 Å². The Morgan fingerprint density at radius 1 is 1.25 bits per heavy atom. The summed E-state index contributed by atoms with van der Waals surface area (Å²) in [5, 5.41) is 3.62. The Hall–Kier alpha value is -0.0151. The third kappa shape index (κ3) is 5.90. The largest absolute Gasteiger partial charge is 0.325 e. The predicted molar refractivity (Wildman–Crippen MR) is 71.9 cm³/mol. The first-order chi connectivity index (χ1) is 7.64. The van der Waals surface area contributed by atoms with E-state index in [0.29, 0.717) is 0 Å². The van der Waals surface area contributed by atoms with Gasteiger partial charge in [0.05, 0.1) is 7.85 Å². The van der Waals surface area contributed by atoms with E-state index in [9.17, 15) is 0 Å². The zero-order valence-electron chi connectivity index (χ0n) is 10.8. The average molecular weight is 222 g/mol. The molecule has 0 aromatic heterocycles. The number of unbranched alkanes of at least 4 members (excludes halogenated alkanes) is 1. The molecular weight excluding hydrogens is 195 g/mol. The topological polar surface area (TPSA) is 38.0 Å². The van der Waals surface area contributed by atoms with Crippen molar-refractivity contribution in [3.8, 4) is 0 Å². The van der Waals surface area contributed by atoms with Crippen molar-refractivity contribution in [2.45, 2.75) is 76.2 Å². The van der Waals surface area contributed by atoms with E-state index < -0.39 is 0 Å². The van der Waals surface area contributed by atoms with Crippen LogP contribution in [0.2, 0.25) is 6.32 Å². The fraction of sp³-hybridized carbons (Fsp3) is 1.00. The van der Waals surface area contributed by atoms with E-state index in [1.54, 1.807) is 0 Å². The minimum atomic E-state index is -0.0131. The first-order valence-corrected chi connectivity index (χ1v) is 6.86. The minimum Gasteiger partial charge on any atom is -0.325 e. The number of nitrogens with two attached hydrogens (primary N) is 1. The van der Waals surface area contributed by atoms with E-state index in [1.807, 2.05) is 0 Å². The van der Waals surface area contributed by atoms with Gasteiger partial charge in [0.25, 0.3) is 0 Å². The minimum absolute atomic E-state index is 0.0131. The molecule has 0 spiro atoms. The molecular formula is C13H27BN2. The number of hydrogen-bond donors (Lipinski definition) is 2. The fourth-order valence-electron chi connectivity index (χ4n) is 2.49. The summed E-state index contributed by atoms with van der Waals surface area (Å²) in [4.78, 5) is 0. The van der Waals surface area contributed by atoms with Gasteiger partial charge in [-0.25, -0.2) is 0 Å². The quantitative estimate of drug-likeness (QED) is 0.488. The number of nitrogens with one attached hydrogen (secondary N) is 1. The highest BCUT2D eigenvalue weighted by atomic mass is 14.9. The van der Waals surface area contributed by atoms with Crippen LogP contribution in [-0.4, -0.2) is 26.0 Å². The molecule has 3 N–H and O–H groups in total. The Bertz CT molecular complexity index is 177. The molecule has 0 heterocycles. The molecule has 16 heavy (non-hydrogen) atoms. The Kier molecular flexibility index (Phi) is 6.44. The Morgan fingerprint density at radius 3 is 2.56 bits per heavy atom. The molecule has 0 saturated heterocycles. The van der Waals surface area contributed by atoms with Crippen LogP contribution in [0.25, 0.3) is 0 Å². The van der Waals surface area contributed by atoms with Crippen LogP contribution in [0, 0.1) is 0 Å². The van der Waals surface area contributed by atoms with Gasteiger partial charge in [0.15, 0.2) is 0 Å². The lowest BCUT2D eigenvalue weighted by atomic mass is 9.89. The zero-order chi connectivity index (χ0) is 11.9. The number of hydrogen-bond acceptors (Lipinski definition) is 2. The Labute approximate surface area is 102 Å². The van der Waals surface area contributed by atoms with Crippen LogP contribution in [-0.2, 0) is 0 Å². The molecule has 1 aliphatic carbocycles. The van der Waals surface area contributed by atoms with Crippen LogP contribution in [0.5, 0.6) is 0 Å². The van der Waals surface area contributed by atoms with Crippen LogP contribution >= 0.6 is 0 Å². The Morgan fingerprint density at radius 2 is 1.94 bits per heavy atom. The van der Waals surface area contributed by atoms with E-state index in [2.05, 4.69) is 12.2 Å². The van der Waals surface area contributed by atoms with Crippen LogP contribution < -0.4 is 11.1 Å². The van der Waals surface area contributed by atoms with Crippen molar-refractivity contribution in [3.05, 3.63) is 0 Å². The van der Waals surface area contributed by atoms with Gasteiger partial charge in [0, 0.05) is 11.6 Å². The van der Waals surface area contributed by atoms with Gasteiger partial charge >= 0.3 is 0 Å². The molecule has 1 fully saturated rings. The lowest BCUT2D eigenvalue weighted by molar-refractivity contribution is 0.366. The van der Waals surface area contributed by atoms with Gasteiger partial charge in [-0.05, 0) is 39.2 Å². The smallest absolute Gasteiger partial charge is 0.0653 e. The van der Waals surface area contributed by atoms with Gasteiger partial charge in [-0.1, -0.05) is 32.0 Å². The molecule has 1 aliphatic rings. The first kappa shape index (κ1) is 14.0. The summed E-state index contributed by atoms with van der Waals surface area (Å²) in [5.74, 6) is 0. The first-order valence-electron chi connectivity index (χ1n) is 6.86. The van der Waals surface area contributed by atoms with Gasteiger partial charge < -0.3 is 11.1 Å². The standard InChI is InChI=1S/C13H27BN2/c1-13(15,8-4-5-10-14)9-11-16-12-6-2-3-7-12/h12,16H,2-11,15H2,1H3. The van der Waals surface area contributed by atoms with Crippen molar-refractivity contribution >= 4 is 7.85 Å². The average Bonchev–Trinajstić information content (AvgIpc) is 2.70. The predicted octanol–water partition coefficient (Wildman–Crippen LogP) is 2.38. The van der Waals surface area contributed by atoms with Crippen molar-refractivity contribution in [2.75, 3.05) is 6.54 Å². The molecule has 3 heteroatoms. The summed E-state index contributed by atoms with van der Waals surface area (Å²) in [7, 11) is 5.49. The second-order valence-corrected chi connectivity index (χ2v) is 5.59. The molecule has 2 nitrogen and oxygen atoms in total. The summed E-state index contributed by atoms with van der Waals surface area (Å²) in [6.07, 6.45) is 10.7. The van der Waals surface area contributed by atoms with E-state index >= 15 is 0 Å². The fourth-order valence-corrected chi connectivity index (χ4v) is 2.49. The Balaban J connectivity index is 2.04. The molecule has 0 aromatic rings. The van der Waals surface area contributed by atoms with Gasteiger partial charge in [-0.2, -0.15) is 0 Å². The summed E-state index contributed by atoms with van der Waals surface area (Å²) >= 11 is 0. The van der Waals surface area contributed by atoms with Crippen LogP contribution in [0.3, 0.4) is 0 Å². The maximum absolute atomic E-state index is 6.26. The van der Waals surface area contributed by atoms with Crippen LogP contribution in [0.4, 0.5) is 0 Å². The highest BCUT2D eigenvalue weighted by molar-refractivity contribution is 6.08. The highest BCUT2D eigenvalue weighted by Gasteiger charge is 2.19. The number of rotatable bonds is 8. The van der Waals surface area contributed by atoms with Crippen molar-refractivity contribution in [1.82, 2.24) is 5.32 Å². The molecule has 0 bridgehead atoms. The summed E-state index contributed by atoms with van der Waals surface area (Å²) < 4.78 is 0. The summed E-state index contributed by atoms with van der Waals surface area (Å²) in [5.41, 5.74) is 6.25. The van der Waals surface area contributed by atoms with Gasteiger partial charge in [-0.3, -0.25) is 0 Å². The van der Waals surface area contributed by atoms with Crippen LogP contribution in [0.1, 0.15) is 58.3 Å². The molecule has 1 saturated carbocycles. The van der Waals surface area contributed by atoms with Crippen molar-refractivity contribution in [1.29, 1.82) is 0 Å².